The molecule has 5 heteroatoms. The van der Waals surface area contributed by atoms with Gasteiger partial charge in [-0.3, -0.25) is 0 Å². The lowest BCUT2D eigenvalue weighted by Crippen LogP contribution is -2.11. The maximum atomic E-state index is 12.1. The number of hydrogen-bond acceptors (Lipinski definition) is 3. The lowest BCUT2D eigenvalue weighted by Gasteiger charge is -2.17. The first-order chi connectivity index (χ1) is 9.61. The van der Waals surface area contributed by atoms with Crippen molar-refractivity contribution in [2.45, 2.75) is 19.4 Å². The lowest BCUT2D eigenvalue weighted by molar-refractivity contribution is 0.0288. The molecule has 2 rings (SSSR count). The van der Waals surface area contributed by atoms with Gasteiger partial charge in [0, 0.05) is 6.20 Å². The first kappa shape index (κ1) is 14.8. The second kappa shape index (κ2) is 6.73. The van der Waals surface area contributed by atoms with Crippen molar-refractivity contribution in [3.63, 3.8) is 0 Å². The van der Waals surface area contributed by atoms with E-state index in [4.69, 9.17) is 27.9 Å². The molecule has 0 bridgehead atoms. The Morgan fingerprint density at radius 1 is 1.30 bits per heavy atom. The minimum atomic E-state index is -0.449. The van der Waals surface area contributed by atoms with E-state index in [1.54, 1.807) is 42.6 Å². The van der Waals surface area contributed by atoms with Crippen LogP contribution in [-0.4, -0.2) is 11.0 Å². The van der Waals surface area contributed by atoms with Crippen LogP contribution in [0.5, 0.6) is 0 Å². The first-order valence-corrected chi connectivity index (χ1v) is 6.94. The highest BCUT2D eigenvalue weighted by Gasteiger charge is 2.18. The van der Waals surface area contributed by atoms with Crippen molar-refractivity contribution < 1.29 is 9.53 Å². The molecule has 3 nitrogen and oxygen atoms in total. The molecule has 0 spiro atoms. The molecule has 0 amide bonds. The van der Waals surface area contributed by atoms with Gasteiger partial charge in [-0.15, -0.1) is 0 Å². The average molecular weight is 310 g/mol. The Hall–Kier alpha value is -1.58. The normalized spacial score (nSPS) is 11.9. The highest BCUT2D eigenvalue weighted by Crippen LogP contribution is 2.25. The van der Waals surface area contributed by atoms with Gasteiger partial charge in [0.1, 0.15) is 11.3 Å². The zero-order valence-corrected chi connectivity index (χ0v) is 12.4. The predicted molar refractivity (Wildman–Crippen MR) is 79.1 cm³/mol. The zero-order valence-electron chi connectivity index (χ0n) is 10.8. The third-order valence-electron chi connectivity index (χ3n) is 2.84. The summed E-state index contributed by atoms with van der Waals surface area (Å²) in [5.41, 5.74) is 1.17. The third kappa shape index (κ3) is 3.50. The van der Waals surface area contributed by atoms with E-state index in [1.165, 1.54) is 0 Å². The third-order valence-corrected chi connectivity index (χ3v) is 3.37. The smallest absolute Gasteiger partial charge is 0.340 e. The number of esters is 1. The summed E-state index contributed by atoms with van der Waals surface area (Å²) in [7, 11) is 0. The second-order valence-electron chi connectivity index (χ2n) is 4.19. The van der Waals surface area contributed by atoms with Crippen LogP contribution in [0.3, 0.4) is 0 Å². The van der Waals surface area contributed by atoms with Crippen LogP contribution in [0, 0.1) is 0 Å². The van der Waals surface area contributed by atoms with Crippen molar-refractivity contribution in [1.29, 1.82) is 0 Å². The summed E-state index contributed by atoms with van der Waals surface area (Å²) in [4.78, 5) is 16.0. The minimum absolute atomic E-state index is 0.354. The van der Waals surface area contributed by atoms with Crippen LogP contribution in [0.1, 0.15) is 35.4 Å². The SMILES string of the molecule is CC[C@H](OC(=O)c1ccccc1Cl)c1ccnc(Cl)c1. The number of carbonyl (C=O) groups excluding carboxylic acids is 1. The van der Waals surface area contributed by atoms with Gasteiger partial charge in [-0.1, -0.05) is 42.3 Å². The molecule has 0 saturated carbocycles. The Morgan fingerprint density at radius 2 is 2.05 bits per heavy atom. The molecule has 0 fully saturated rings. The molecule has 1 aromatic carbocycles. The fourth-order valence-electron chi connectivity index (χ4n) is 1.82. The molecule has 2 aromatic rings. The highest BCUT2D eigenvalue weighted by molar-refractivity contribution is 6.33. The molecule has 1 aromatic heterocycles. The quantitative estimate of drug-likeness (QED) is 0.607. The summed E-state index contributed by atoms with van der Waals surface area (Å²) in [6, 6.07) is 10.3. The number of benzene rings is 1. The molecule has 1 heterocycles. The average Bonchev–Trinajstić information content (AvgIpc) is 2.45. The molecule has 1 atom stereocenters. The minimum Gasteiger partial charge on any atom is -0.454 e. The number of aromatic nitrogens is 1. The van der Waals surface area contributed by atoms with E-state index in [0.29, 0.717) is 22.2 Å². The largest absolute Gasteiger partial charge is 0.454 e. The molecule has 0 N–H and O–H groups in total. The summed E-state index contributed by atoms with van der Waals surface area (Å²) in [5.74, 6) is -0.449. The topological polar surface area (TPSA) is 39.2 Å². The van der Waals surface area contributed by atoms with Gasteiger partial charge >= 0.3 is 5.97 Å². The molecule has 0 aliphatic carbocycles. The molecular weight excluding hydrogens is 297 g/mol. The van der Waals surface area contributed by atoms with Crippen molar-refractivity contribution in [1.82, 2.24) is 4.98 Å². The molecular formula is C15H13Cl2NO2. The number of ether oxygens (including phenoxy) is 1. The standard InChI is InChI=1S/C15H13Cl2NO2/c1-2-13(10-7-8-18-14(17)9-10)20-15(19)11-5-3-4-6-12(11)16/h3-9,13H,2H2,1H3/t13-/m0/s1. The van der Waals surface area contributed by atoms with Crippen molar-refractivity contribution >= 4 is 29.2 Å². The first-order valence-electron chi connectivity index (χ1n) is 6.18. The van der Waals surface area contributed by atoms with Crippen molar-refractivity contribution in [3.05, 3.63) is 63.9 Å². The maximum absolute atomic E-state index is 12.1. The van der Waals surface area contributed by atoms with Crippen molar-refractivity contribution in [2.75, 3.05) is 0 Å². The van der Waals surface area contributed by atoms with E-state index in [-0.39, 0.29) is 6.10 Å². The van der Waals surface area contributed by atoms with Crippen LogP contribution in [0.15, 0.2) is 42.6 Å². The predicted octanol–water partition coefficient (Wildman–Crippen LogP) is 4.70. The van der Waals surface area contributed by atoms with Gasteiger partial charge in [-0.25, -0.2) is 9.78 Å². The molecule has 0 aliphatic rings. The number of pyridine rings is 1. The van der Waals surface area contributed by atoms with E-state index in [1.807, 2.05) is 6.92 Å². The van der Waals surface area contributed by atoms with E-state index in [2.05, 4.69) is 4.98 Å². The van der Waals surface area contributed by atoms with Gasteiger partial charge < -0.3 is 4.74 Å². The van der Waals surface area contributed by atoms with Crippen LogP contribution in [0.4, 0.5) is 0 Å². The number of nitrogens with zero attached hydrogens (tertiary/aromatic N) is 1. The molecule has 0 radical (unpaired) electrons. The van der Waals surface area contributed by atoms with Gasteiger partial charge in [-0.2, -0.15) is 0 Å². The second-order valence-corrected chi connectivity index (χ2v) is 4.99. The number of hydrogen-bond donors (Lipinski definition) is 0. The van der Waals surface area contributed by atoms with E-state index in [0.717, 1.165) is 5.56 Å². The van der Waals surface area contributed by atoms with Crippen LogP contribution in [-0.2, 0) is 4.74 Å². The zero-order chi connectivity index (χ0) is 14.5. The number of carbonyl (C=O) groups is 1. The molecule has 0 unspecified atom stereocenters. The molecule has 104 valence electrons. The summed E-state index contributed by atoms with van der Waals surface area (Å²) in [5, 5.41) is 0.745. The van der Waals surface area contributed by atoms with Gasteiger partial charge in [0.25, 0.3) is 0 Å². The lowest BCUT2D eigenvalue weighted by atomic mass is 10.1. The Labute approximate surface area is 127 Å². The summed E-state index contributed by atoms with van der Waals surface area (Å²) in [6.07, 6.45) is 1.85. The van der Waals surface area contributed by atoms with Gasteiger partial charge in [0.15, 0.2) is 0 Å². The summed E-state index contributed by atoms with van der Waals surface area (Å²) in [6.45, 7) is 1.93. The van der Waals surface area contributed by atoms with E-state index >= 15 is 0 Å². The van der Waals surface area contributed by atoms with E-state index in [9.17, 15) is 4.79 Å². The Morgan fingerprint density at radius 3 is 2.70 bits per heavy atom. The fraction of sp³-hybridized carbons (Fsp3) is 0.200. The van der Waals surface area contributed by atoms with Crippen LogP contribution in [0.2, 0.25) is 10.2 Å². The van der Waals surface area contributed by atoms with Crippen molar-refractivity contribution in [3.8, 4) is 0 Å². The van der Waals surface area contributed by atoms with Crippen LogP contribution >= 0.6 is 23.2 Å². The van der Waals surface area contributed by atoms with Gasteiger partial charge in [-0.05, 0) is 36.2 Å². The molecule has 0 saturated heterocycles. The van der Waals surface area contributed by atoms with Crippen LogP contribution in [0.25, 0.3) is 0 Å². The van der Waals surface area contributed by atoms with Gasteiger partial charge in [0.05, 0.1) is 10.6 Å². The Kier molecular flexibility index (Phi) is 4.99. The van der Waals surface area contributed by atoms with E-state index < -0.39 is 5.97 Å². The number of rotatable bonds is 4. The van der Waals surface area contributed by atoms with Crippen molar-refractivity contribution in [2.24, 2.45) is 0 Å². The summed E-state index contributed by atoms with van der Waals surface area (Å²) >= 11 is 11.8. The van der Waals surface area contributed by atoms with Crippen LogP contribution < -0.4 is 0 Å². The molecule has 20 heavy (non-hydrogen) atoms. The number of halogens is 2. The fourth-order valence-corrected chi connectivity index (χ4v) is 2.22. The monoisotopic (exact) mass is 309 g/mol. The summed E-state index contributed by atoms with van der Waals surface area (Å²) < 4.78 is 5.50. The highest BCUT2D eigenvalue weighted by atomic mass is 35.5. The Balaban J connectivity index is 2.19. The molecule has 0 aliphatic heterocycles. The Bertz CT molecular complexity index is 616. The van der Waals surface area contributed by atoms with Gasteiger partial charge in [0.2, 0.25) is 0 Å². The maximum Gasteiger partial charge on any atom is 0.340 e.